The van der Waals surface area contributed by atoms with E-state index in [1.54, 1.807) is 11.5 Å². The molecular formula is C18H21N3O3S. The summed E-state index contributed by atoms with van der Waals surface area (Å²) in [6.07, 6.45) is 4.02. The van der Waals surface area contributed by atoms with Crippen LogP contribution >= 0.6 is 11.3 Å². The van der Waals surface area contributed by atoms with Gasteiger partial charge in [-0.1, -0.05) is 6.08 Å². The van der Waals surface area contributed by atoms with Crippen LogP contribution in [0.3, 0.4) is 0 Å². The first-order chi connectivity index (χ1) is 12.0. The molecule has 2 aromatic rings. The summed E-state index contributed by atoms with van der Waals surface area (Å²) in [6, 6.07) is 2.39. The second kappa shape index (κ2) is 7.23. The fourth-order valence-corrected chi connectivity index (χ4v) is 3.53. The Labute approximate surface area is 150 Å². The number of esters is 1. The number of hydrogen-bond acceptors (Lipinski definition) is 6. The van der Waals surface area contributed by atoms with Crippen LogP contribution in [0.2, 0.25) is 0 Å². The third-order valence-corrected chi connectivity index (χ3v) is 4.94. The van der Waals surface area contributed by atoms with Gasteiger partial charge in [-0.25, -0.2) is 9.78 Å². The number of carbonyl (C=O) groups is 2. The quantitative estimate of drug-likeness (QED) is 0.443. The number of ether oxygens (including phenoxy) is 1. The van der Waals surface area contributed by atoms with E-state index in [0.717, 1.165) is 24.2 Å². The summed E-state index contributed by atoms with van der Waals surface area (Å²) in [5.41, 5.74) is 2.86. The lowest BCUT2D eigenvalue weighted by atomic mass is 10.1. The normalized spacial score (nSPS) is 13.5. The molecule has 0 spiro atoms. The van der Waals surface area contributed by atoms with Crippen LogP contribution in [0, 0.1) is 13.8 Å². The van der Waals surface area contributed by atoms with Gasteiger partial charge >= 0.3 is 5.97 Å². The van der Waals surface area contributed by atoms with Gasteiger partial charge in [0.25, 0.3) is 0 Å². The number of anilines is 1. The van der Waals surface area contributed by atoms with Crippen LogP contribution in [0.15, 0.2) is 24.1 Å². The maximum atomic E-state index is 12.4. The molecule has 0 aromatic carbocycles. The van der Waals surface area contributed by atoms with Crippen LogP contribution in [-0.2, 0) is 4.74 Å². The van der Waals surface area contributed by atoms with E-state index >= 15 is 0 Å². The Balaban J connectivity index is 1.60. The van der Waals surface area contributed by atoms with Crippen molar-refractivity contribution in [1.82, 2.24) is 9.55 Å². The lowest BCUT2D eigenvalue weighted by Gasteiger charge is -2.07. The number of carbonyl (C=O) groups excluding carboxylic acids is 2. The lowest BCUT2D eigenvalue weighted by molar-refractivity contribution is 0.0469. The number of aromatic nitrogens is 2. The van der Waals surface area contributed by atoms with Crippen molar-refractivity contribution in [1.29, 1.82) is 0 Å². The van der Waals surface area contributed by atoms with E-state index in [-0.39, 0.29) is 18.1 Å². The Morgan fingerprint density at radius 3 is 2.92 bits per heavy atom. The fraction of sp³-hybridized carbons (Fsp3) is 0.389. The van der Waals surface area contributed by atoms with Crippen molar-refractivity contribution in [2.45, 2.75) is 32.7 Å². The third kappa shape index (κ3) is 3.82. The first-order valence-electron chi connectivity index (χ1n) is 8.20. The molecule has 1 aliphatic carbocycles. The number of ketones is 1. The summed E-state index contributed by atoms with van der Waals surface area (Å²) < 4.78 is 7.34. The van der Waals surface area contributed by atoms with Gasteiger partial charge in [0.1, 0.15) is 0 Å². The highest BCUT2D eigenvalue weighted by Crippen LogP contribution is 2.38. The molecule has 25 heavy (non-hydrogen) atoms. The summed E-state index contributed by atoms with van der Waals surface area (Å²) in [5.74, 6) is -0.777. The van der Waals surface area contributed by atoms with Gasteiger partial charge in [0.2, 0.25) is 5.78 Å². The number of nitrogens with zero attached hydrogens (tertiary/aromatic N) is 2. The van der Waals surface area contributed by atoms with Gasteiger partial charge in [-0.2, -0.15) is 0 Å². The predicted molar refractivity (Wildman–Crippen MR) is 97.6 cm³/mol. The van der Waals surface area contributed by atoms with Crippen molar-refractivity contribution >= 4 is 28.2 Å². The van der Waals surface area contributed by atoms with Crippen molar-refractivity contribution in [3.05, 3.63) is 46.7 Å². The lowest BCUT2D eigenvalue weighted by Crippen LogP contribution is -2.15. The minimum atomic E-state index is -0.591. The average Bonchev–Trinajstić information content (AvgIpc) is 3.22. The molecule has 132 valence electrons. The van der Waals surface area contributed by atoms with Crippen molar-refractivity contribution in [2.75, 3.05) is 18.5 Å². The Morgan fingerprint density at radius 2 is 2.24 bits per heavy atom. The van der Waals surface area contributed by atoms with Gasteiger partial charge in [-0.05, 0) is 32.8 Å². The van der Waals surface area contributed by atoms with E-state index in [9.17, 15) is 9.59 Å². The summed E-state index contributed by atoms with van der Waals surface area (Å²) in [4.78, 5) is 28.6. The van der Waals surface area contributed by atoms with E-state index < -0.39 is 5.97 Å². The monoisotopic (exact) mass is 359 g/mol. The van der Waals surface area contributed by atoms with Crippen molar-refractivity contribution < 1.29 is 14.3 Å². The maximum Gasteiger partial charge on any atom is 0.358 e. The predicted octanol–water partition coefficient (Wildman–Crippen LogP) is 3.53. The number of hydrogen-bond donors (Lipinski definition) is 1. The highest BCUT2D eigenvalue weighted by molar-refractivity contribution is 7.13. The number of thiazole rings is 1. The van der Waals surface area contributed by atoms with Crippen LogP contribution < -0.4 is 5.32 Å². The van der Waals surface area contributed by atoms with Gasteiger partial charge in [0, 0.05) is 34.9 Å². The zero-order chi connectivity index (χ0) is 18.0. The minimum Gasteiger partial charge on any atom is -0.453 e. The van der Waals surface area contributed by atoms with Crippen molar-refractivity contribution in [2.24, 2.45) is 0 Å². The largest absolute Gasteiger partial charge is 0.453 e. The summed E-state index contributed by atoms with van der Waals surface area (Å²) in [7, 11) is 0. The zero-order valence-electron chi connectivity index (χ0n) is 14.4. The zero-order valence-corrected chi connectivity index (χ0v) is 15.2. The van der Waals surface area contributed by atoms with Crippen LogP contribution in [0.1, 0.15) is 51.1 Å². The summed E-state index contributed by atoms with van der Waals surface area (Å²) in [6.45, 7) is 7.84. The van der Waals surface area contributed by atoms with Crippen LogP contribution in [0.4, 0.5) is 5.13 Å². The molecule has 0 radical (unpaired) electrons. The van der Waals surface area contributed by atoms with E-state index in [2.05, 4.69) is 21.4 Å². The molecule has 0 unspecified atom stereocenters. The molecule has 0 atom stereocenters. The molecule has 3 rings (SSSR count). The number of Topliss-reactive ketones (excluding diaryl/α,β-unsaturated/α-hetero) is 1. The molecule has 1 saturated carbocycles. The van der Waals surface area contributed by atoms with E-state index in [0.29, 0.717) is 23.3 Å². The molecule has 1 N–H and O–H groups in total. The molecule has 0 saturated heterocycles. The SMILES string of the molecule is C=CCNc1nc(C(=O)OCC(=O)c2cc(C)n(C3CC3)c2C)cs1. The second-order valence-electron chi connectivity index (χ2n) is 6.09. The standard InChI is InChI=1S/C18H21N3O3S/c1-4-7-19-18-20-15(10-25-18)17(23)24-9-16(22)14-8-11(2)21(12(14)3)13-5-6-13/h4,8,10,13H,1,5-7,9H2,2-3H3,(H,19,20). The Morgan fingerprint density at radius 1 is 1.48 bits per heavy atom. The molecule has 0 bridgehead atoms. The minimum absolute atomic E-state index is 0.186. The van der Waals surface area contributed by atoms with Gasteiger partial charge < -0.3 is 14.6 Å². The first-order valence-corrected chi connectivity index (χ1v) is 9.08. The summed E-state index contributed by atoms with van der Waals surface area (Å²) >= 11 is 1.31. The Bertz CT molecular complexity index is 818. The number of aryl methyl sites for hydroxylation is 1. The maximum absolute atomic E-state index is 12.4. The molecule has 6 nitrogen and oxygen atoms in total. The Kier molecular flexibility index (Phi) is 5.03. The van der Waals surface area contributed by atoms with E-state index in [1.165, 1.54) is 11.3 Å². The smallest absolute Gasteiger partial charge is 0.358 e. The van der Waals surface area contributed by atoms with Crippen molar-refractivity contribution in [3.8, 4) is 0 Å². The van der Waals surface area contributed by atoms with Crippen molar-refractivity contribution in [3.63, 3.8) is 0 Å². The van der Waals surface area contributed by atoms with E-state index in [4.69, 9.17) is 4.74 Å². The first kappa shape index (κ1) is 17.4. The molecule has 7 heteroatoms. The summed E-state index contributed by atoms with van der Waals surface area (Å²) in [5, 5.41) is 5.23. The Hall–Kier alpha value is -2.41. The highest BCUT2D eigenvalue weighted by atomic mass is 32.1. The molecular weight excluding hydrogens is 338 g/mol. The van der Waals surface area contributed by atoms with Gasteiger partial charge in [0.15, 0.2) is 17.4 Å². The van der Waals surface area contributed by atoms with Gasteiger partial charge in [-0.15, -0.1) is 17.9 Å². The molecule has 1 aliphatic rings. The topological polar surface area (TPSA) is 73.2 Å². The molecule has 2 aromatic heterocycles. The number of nitrogens with one attached hydrogen (secondary N) is 1. The molecule has 0 amide bonds. The van der Waals surface area contributed by atoms with Crippen LogP contribution in [0.5, 0.6) is 0 Å². The molecule has 1 fully saturated rings. The highest BCUT2D eigenvalue weighted by Gasteiger charge is 2.28. The number of rotatable bonds is 8. The second-order valence-corrected chi connectivity index (χ2v) is 6.95. The average molecular weight is 359 g/mol. The molecule has 0 aliphatic heterocycles. The van der Waals surface area contributed by atoms with Crippen LogP contribution in [-0.4, -0.2) is 34.5 Å². The third-order valence-electron chi connectivity index (χ3n) is 4.14. The fourth-order valence-electron chi connectivity index (χ4n) is 2.84. The van der Waals surface area contributed by atoms with E-state index in [1.807, 2.05) is 19.9 Å². The van der Waals surface area contributed by atoms with Gasteiger partial charge in [0.05, 0.1) is 0 Å². The van der Waals surface area contributed by atoms with Crippen LogP contribution in [0.25, 0.3) is 0 Å². The van der Waals surface area contributed by atoms with Gasteiger partial charge in [-0.3, -0.25) is 4.79 Å². The molecule has 2 heterocycles.